The van der Waals surface area contributed by atoms with Gasteiger partial charge in [0.05, 0.1) is 12.9 Å². The van der Waals surface area contributed by atoms with Crippen LogP contribution in [0.4, 0.5) is 5.82 Å². The predicted octanol–water partition coefficient (Wildman–Crippen LogP) is -1.24. The van der Waals surface area contributed by atoms with Gasteiger partial charge in [-0.2, -0.15) is 8.62 Å². The van der Waals surface area contributed by atoms with Crippen molar-refractivity contribution in [2.75, 3.05) is 12.3 Å². The molecule has 3 rings (SSSR count). The number of rotatable bonds is 8. The van der Waals surface area contributed by atoms with E-state index in [-0.39, 0.29) is 17.0 Å². The molecule has 1 aliphatic rings. The highest BCUT2D eigenvalue weighted by molar-refractivity contribution is 7.66. The number of fused-ring (bicyclic) bond motifs is 1. The van der Waals surface area contributed by atoms with Crippen LogP contribution in [0.25, 0.3) is 11.2 Å². The van der Waals surface area contributed by atoms with Crippen LogP contribution in [0.5, 0.6) is 0 Å². The van der Waals surface area contributed by atoms with Gasteiger partial charge in [-0.3, -0.25) is 9.09 Å². The Bertz CT molecular complexity index is 1150. The van der Waals surface area contributed by atoms with E-state index in [1.807, 2.05) is 0 Å². The van der Waals surface area contributed by atoms with E-state index in [9.17, 15) is 33.7 Å². The van der Waals surface area contributed by atoms with E-state index in [0.29, 0.717) is 0 Å². The Kier molecular flexibility index (Phi) is 6.67. The number of phosphoric ester groups is 1. The lowest BCUT2D eigenvalue weighted by Gasteiger charge is -2.28. The number of imidazole rings is 1. The summed E-state index contributed by atoms with van der Waals surface area (Å²) in [7, 11) is -16.8. The molecule has 1 saturated heterocycles. The minimum Gasteiger partial charge on any atom is -0.387 e. The smallest absolute Gasteiger partial charge is 0.387 e. The third kappa shape index (κ3) is 5.40. The van der Waals surface area contributed by atoms with Crippen molar-refractivity contribution in [1.82, 2.24) is 19.5 Å². The van der Waals surface area contributed by atoms with Crippen molar-refractivity contribution < 1.29 is 61.4 Å². The van der Waals surface area contributed by atoms with Gasteiger partial charge in [0.15, 0.2) is 17.7 Å². The first-order valence-electron chi connectivity index (χ1n) is 8.29. The van der Waals surface area contributed by atoms with E-state index >= 15 is 0 Å². The van der Waals surface area contributed by atoms with Crippen molar-refractivity contribution in [2.24, 2.45) is 0 Å². The largest absolute Gasteiger partial charge is 0.490 e. The maximum absolute atomic E-state index is 11.9. The predicted molar refractivity (Wildman–Crippen MR) is 100 cm³/mol. The first kappa shape index (κ1) is 25.3. The van der Waals surface area contributed by atoms with Gasteiger partial charge < -0.3 is 40.3 Å². The molecule has 6 atom stereocenters. The molecule has 2 aromatic heterocycles. The quantitative estimate of drug-likeness (QED) is 0.200. The maximum Gasteiger partial charge on any atom is 0.490 e. The number of nitrogens with two attached hydrogens (primary N) is 1. The van der Waals surface area contributed by atoms with E-state index in [2.05, 4.69) is 28.1 Å². The summed E-state index contributed by atoms with van der Waals surface area (Å²) in [5.41, 5.74) is 4.13. The zero-order valence-corrected chi connectivity index (χ0v) is 18.5. The maximum atomic E-state index is 11.9. The van der Waals surface area contributed by atoms with Gasteiger partial charge in [-0.1, -0.05) is 0 Å². The van der Waals surface area contributed by atoms with Crippen LogP contribution in [0.3, 0.4) is 0 Å². The number of hydrogen-bond acceptors (Lipinski definition) is 13. The first-order chi connectivity index (χ1) is 14.5. The lowest BCUT2D eigenvalue weighted by Crippen LogP contribution is -2.44. The van der Waals surface area contributed by atoms with E-state index in [1.54, 1.807) is 0 Å². The monoisotopic (exact) mass is 521 g/mol. The Morgan fingerprint density at radius 2 is 1.78 bits per heavy atom. The van der Waals surface area contributed by atoms with Gasteiger partial charge in [0.2, 0.25) is 0 Å². The third-order valence-corrected chi connectivity index (χ3v) is 8.01. The molecular formula is C11H18N5O13P3. The Morgan fingerprint density at radius 3 is 2.41 bits per heavy atom. The van der Waals surface area contributed by atoms with Gasteiger partial charge in [0, 0.05) is 0 Å². The highest BCUT2D eigenvalue weighted by Crippen LogP contribution is 2.66. The van der Waals surface area contributed by atoms with Crippen molar-refractivity contribution in [1.29, 1.82) is 0 Å². The molecule has 2 aromatic rings. The molecule has 0 aromatic carbocycles. The van der Waals surface area contributed by atoms with Gasteiger partial charge in [-0.05, 0) is 6.92 Å². The van der Waals surface area contributed by atoms with Crippen LogP contribution in [0.1, 0.15) is 13.2 Å². The van der Waals surface area contributed by atoms with Gasteiger partial charge in [0.1, 0.15) is 29.7 Å². The molecule has 0 spiro atoms. The fourth-order valence-electron chi connectivity index (χ4n) is 2.84. The zero-order chi connectivity index (χ0) is 24.1. The van der Waals surface area contributed by atoms with Crippen LogP contribution in [0.2, 0.25) is 0 Å². The minimum absolute atomic E-state index is 0.0391. The Labute approximate surface area is 178 Å². The number of ether oxygens (including phenoxy) is 1. The number of phosphoric acid groups is 3. The highest BCUT2D eigenvalue weighted by atomic mass is 31.3. The number of nitrogens with zero attached hydrogens (tertiary/aromatic N) is 4. The van der Waals surface area contributed by atoms with Gasteiger partial charge in [0.25, 0.3) is 0 Å². The van der Waals surface area contributed by atoms with E-state index in [0.717, 1.165) is 6.33 Å². The Hall–Kier alpha value is -1.36. The summed E-state index contributed by atoms with van der Waals surface area (Å²) in [4.78, 5) is 47.6. The van der Waals surface area contributed by atoms with Crippen molar-refractivity contribution in [3.8, 4) is 0 Å². The lowest BCUT2D eigenvalue weighted by atomic mass is 9.99. The third-order valence-electron chi connectivity index (χ3n) is 4.22. The number of hydrogen-bond donors (Lipinski definition) is 7. The number of aliphatic hydroxyl groups excluding tert-OH is 2. The summed E-state index contributed by atoms with van der Waals surface area (Å²) >= 11 is 0. The fraction of sp³-hybridized carbons (Fsp3) is 0.545. The molecule has 180 valence electrons. The highest BCUT2D eigenvalue weighted by Gasteiger charge is 2.54. The van der Waals surface area contributed by atoms with Crippen LogP contribution >= 0.6 is 23.5 Å². The number of aliphatic hydroxyl groups is 2. The average Bonchev–Trinajstić information content (AvgIpc) is 3.14. The zero-order valence-electron chi connectivity index (χ0n) is 15.8. The lowest BCUT2D eigenvalue weighted by molar-refractivity contribution is -0.113. The summed E-state index contributed by atoms with van der Waals surface area (Å²) in [6, 6.07) is 0. The number of nitrogen functional groups attached to an aromatic ring is 1. The minimum atomic E-state index is -5.72. The molecule has 0 aliphatic carbocycles. The van der Waals surface area contributed by atoms with Crippen LogP contribution in [0, 0.1) is 0 Å². The van der Waals surface area contributed by atoms with Crippen LogP contribution in [-0.2, 0) is 31.6 Å². The summed E-state index contributed by atoms with van der Waals surface area (Å²) in [6.07, 6.45) is -2.35. The Morgan fingerprint density at radius 1 is 1.12 bits per heavy atom. The molecule has 0 radical (unpaired) electrons. The van der Waals surface area contributed by atoms with Crippen molar-refractivity contribution in [2.45, 2.75) is 31.0 Å². The summed E-state index contributed by atoms with van der Waals surface area (Å²) < 4.78 is 52.5. The summed E-state index contributed by atoms with van der Waals surface area (Å²) in [5, 5.41) is 20.8. The molecule has 32 heavy (non-hydrogen) atoms. The molecule has 3 heterocycles. The van der Waals surface area contributed by atoms with E-state index in [4.69, 9.17) is 20.3 Å². The SMILES string of the molecule is C[C@]1(COP(=O)(O)OP(=O)(O)OP(=O)(O)O)O[C@@H](n2cnc3c(N)ncnc32)[C@H](O)[C@@H]1O. The molecular weight excluding hydrogens is 503 g/mol. The van der Waals surface area contributed by atoms with Gasteiger partial charge >= 0.3 is 23.5 Å². The second-order valence-corrected chi connectivity index (χ2v) is 11.1. The van der Waals surface area contributed by atoms with Crippen molar-refractivity contribution in [3.05, 3.63) is 12.7 Å². The summed E-state index contributed by atoms with van der Waals surface area (Å²) in [6.45, 7) is 0.184. The van der Waals surface area contributed by atoms with Crippen molar-refractivity contribution >= 4 is 40.4 Å². The number of anilines is 1. The molecule has 2 unspecified atom stereocenters. The average molecular weight is 521 g/mol. The molecule has 21 heteroatoms. The molecule has 1 aliphatic heterocycles. The molecule has 0 bridgehead atoms. The standard InChI is InChI=1S/C11H18N5O13P3/c1-11(2-26-31(22,23)29-32(24,25)28-30(19,20)21)7(18)6(17)10(27-11)16-4-15-5-8(12)13-3-14-9(5)16/h3-4,6-7,10,17-18H,2H2,1H3,(H,22,23)(H,24,25)(H2,12,13,14)(H2,19,20,21)/t6-,7+,10-,11-/m1/s1. The molecule has 1 fully saturated rings. The van der Waals surface area contributed by atoms with Gasteiger partial charge in [-0.25, -0.2) is 28.6 Å². The fourth-order valence-corrected chi connectivity index (χ4v) is 5.96. The van der Waals surface area contributed by atoms with Crippen LogP contribution < -0.4 is 5.73 Å². The van der Waals surface area contributed by atoms with E-state index in [1.165, 1.54) is 17.8 Å². The van der Waals surface area contributed by atoms with Crippen molar-refractivity contribution in [3.63, 3.8) is 0 Å². The Balaban J connectivity index is 1.76. The summed E-state index contributed by atoms with van der Waals surface area (Å²) in [5.74, 6) is 0.0391. The molecule has 8 N–H and O–H groups in total. The molecule has 0 amide bonds. The van der Waals surface area contributed by atoms with Crippen LogP contribution in [-0.4, -0.2) is 73.7 Å². The normalized spacial score (nSPS) is 30.3. The number of aromatic nitrogens is 4. The van der Waals surface area contributed by atoms with Gasteiger partial charge in [-0.15, -0.1) is 0 Å². The first-order valence-corrected chi connectivity index (χ1v) is 12.8. The van der Waals surface area contributed by atoms with E-state index < -0.39 is 54.1 Å². The molecule has 18 nitrogen and oxygen atoms in total. The second-order valence-electron chi connectivity index (χ2n) is 6.70. The topological polar surface area (TPSA) is 279 Å². The van der Waals surface area contributed by atoms with Crippen LogP contribution in [0.15, 0.2) is 12.7 Å². The molecule has 0 saturated carbocycles. The second kappa shape index (κ2) is 8.45.